The zero-order chi connectivity index (χ0) is 16.4. The summed E-state index contributed by atoms with van der Waals surface area (Å²) in [6.07, 6.45) is -7.77. The molecular formula is C12H9F5O4. The van der Waals surface area contributed by atoms with Crippen molar-refractivity contribution in [3.63, 3.8) is 0 Å². The SMILES string of the molecule is COc1ccc(C(=O)CC(=O)C(F)(F)C(F)(F)F)c(O)c1. The lowest BCUT2D eigenvalue weighted by molar-refractivity contribution is -0.268. The number of phenols is 1. The summed E-state index contributed by atoms with van der Waals surface area (Å²) in [7, 11) is 1.25. The lowest BCUT2D eigenvalue weighted by atomic mass is 10.0. The number of carbonyl (C=O) groups excluding carboxylic acids is 2. The van der Waals surface area contributed by atoms with Crippen molar-refractivity contribution in [2.45, 2.75) is 18.5 Å². The maximum Gasteiger partial charge on any atom is 0.461 e. The largest absolute Gasteiger partial charge is 0.507 e. The maximum atomic E-state index is 12.7. The first-order chi connectivity index (χ1) is 9.50. The Morgan fingerprint density at radius 2 is 1.76 bits per heavy atom. The molecule has 0 unspecified atom stereocenters. The fraction of sp³-hybridized carbons (Fsp3) is 0.333. The number of alkyl halides is 5. The van der Waals surface area contributed by atoms with E-state index < -0.39 is 41.4 Å². The van der Waals surface area contributed by atoms with Gasteiger partial charge in [0, 0.05) is 6.07 Å². The molecule has 4 nitrogen and oxygen atoms in total. The molecule has 9 heteroatoms. The number of hydrogen-bond donors (Lipinski definition) is 1. The predicted molar refractivity (Wildman–Crippen MR) is 59.6 cm³/mol. The molecule has 0 saturated heterocycles. The molecule has 0 bridgehead atoms. The zero-order valence-electron chi connectivity index (χ0n) is 10.5. The van der Waals surface area contributed by atoms with Crippen LogP contribution in [-0.2, 0) is 4.79 Å². The normalized spacial score (nSPS) is 12.1. The van der Waals surface area contributed by atoms with Gasteiger partial charge in [0.15, 0.2) is 5.78 Å². The molecular weight excluding hydrogens is 303 g/mol. The third-order valence-corrected chi connectivity index (χ3v) is 2.53. The molecule has 0 aliphatic carbocycles. The lowest BCUT2D eigenvalue weighted by Crippen LogP contribution is -2.44. The molecule has 0 atom stereocenters. The second-order valence-corrected chi connectivity index (χ2v) is 3.98. The molecule has 0 saturated carbocycles. The molecule has 0 amide bonds. The van der Waals surface area contributed by atoms with Gasteiger partial charge in [-0.25, -0.2) is 0 Å². The standard InChI is InChI=1S/C12H9F5O4/c1-21-6-2-3-7(8(18)4-6)9(19)5-10(20)11(13,14)12(15,16)17/h2-4,18H,5H2,1H3. The topological polar surface area (TPSA) is 63.6 Å². The average Bonchev–Trinajstić information content (AvgIpc) is 2.36. The van der Waals surface area contributed by atoms with Crippen molar-refractivity contribution in [2.24, 2.45) is 0 Å². The van der Waals surface area contributed by atoms with Gasteiger partial charge in [0.05, 0.1) is 19.1 Å². The number of benzene rings is 1. The molecule has 0 radical (unpaired) electrons. The van der Waals surface area contributed by atoms with Crippen LogP contribution in [0.5, 0.6) is 11.5 Å². The molecule has 0 aliphatic heterocycles. The van der Waals surface area contributed by atoms with Crippen LogP contribution in [-0.4, -0.2) is 35.9 Å². The summed E-state index contributed by atoms with van der Waals surface area (Å²) >= 11 is 0. The third-order valence-electron chi connectivity index (χ3n) is 2.53. The van der Waals surface area contributed by atoms with Crippen molar-refractivity contribution in [3.05, 3.63) is 23.8 Å². The van der Waals surface area contributed by atoms with Gasteiger partial charge in [-0.2, -0.15) is 22.0 Å². The van der Waals surface area contributed by atoms with Gasteiger partial charge in [-0.15, -0.1) is 0 Å². The Kier molecular flexibility index (Phi) is 4.55. The van der Waals surface area contributed by atoms with Crippen molar-refractivity contribution in [3.8, 4) is 11.5 Å². The molecule has 21 heavy (non-hydrogen) atoms. The number of carbonyl (C=O) groups is 2. The summed E-state index contributed by atoms with van der Waals surface area (Å²) in [5.41, 5.74) is -0.554. The first kappa shape index (κ1) is 16.9. The van der Waals surface area contributed by atoms with Crippen LogP contribution in [0.2, 0.25) is 0 Å². The van der Waals surface area contributed by atoms with E-state index in [1.807, 2.05) is 0 Å². The number of halogens is 5. The highest BCUT2D eigenvalue weighted by Gasteiger charge is 2.62. The van der Waals surface area contributed by atoms with E-state index in [0.29, 0.717) is 0 Å². The average molecular weight is 312 g/mol. The van der Waals surface area contributed by atoms with Crippen molar-refractivity contribution in [2.75, 3.05) is 7.11 Å². The van der Waals surface area contributed by atoms with Gasteiger partial charge in [0.25, 0.3) is 0 Å². The van der Waals surface area contributed by atoms with Gasteiger partial charge < -0.3 is 9.84 Å². The smallest absolute Gasteiger partial charge is 0.461 e. The van der Waals surface area contributed by atoms with Crippen LogP contribution < -0.4 is 4.74 Å². The van der Waals surface area contributed by atoms with E-state index in [1.54, 1.807) is 0 Å². The van der Waals surface area contributed by atoms with E-state index in [4.69, 9.17) is 4.74 Å². The summed E-state index contributed by atoms with van der Waals surface area (Å²) in [5.74, 6) is -10.1. The Morgan fingerprint density at radius 1 is 1.19 bits per heavy atom. The highest BCUT2D eigenvalue weighted by molar-refractivity contribution is 6.11. The van der Waals surface area contributed by atoms with Crippen molar-refractivity contribution in [1.29, 1.82) is 0 Å². The van der Waals surface area contributed by atoms with E-state index in [0.717, 1.165) is 12.1 Å². The van der Waals surface area contributed by atoms with Gasteiger partial charge in [0.2, 0.25) is 5.78 Å². The van der Waals surface area contributed by atoms with Gasteiger partial charge in [-0.3, -0.25) is 9.59 Å². The van der Waals surface area contributed by atoms with Gasteiger partial charge in [0.1, 0.15) is 11.5 Å². The number of ketones is 2. The molecule has 116 valence electrons. The highest BCUT2D eigenvalue weighted by atomic mass is 19.4. The van der Waals surface area contributed by atoms with E-state index in [1.165, 1.54) is 13.2 Å². The maximum absolute atomic E-state index is 12.7. The Bertz CT molecular complexity index is 565. The molecule has 1 aromatic rings. The van der Waals surface area contributed by atoms with Gasteiger partial charge >= 0.3 is 12.1 Å². The molecule has 0 fully saturated rings. The second-order valence-electron chi connectivity index (χ2n) is 3.98. The first-order valence-corrected chi connectivity index (χ1v) is 5.38. The third kappa shape index (κ3) is 3.47. The Morgan fingerprint density at radius 3 is 2.19 bits per heavy atom. The van der Waals surface area contributed by atoms with E-state index >= 15 is 0 Å². The zero-order valence-corrected chi connectivity index (χ0v) is 10.5. The molecule has 0 heterocycles. The van der Waals surface area contributed by atoms with Crippen molar-refractivity contribution in [1.82, 2.24) is 0 Å². The van der Waals surface area contributed by atoms with E-state index in [9.17, 15) is 36.6 Å². The number of methoxy groups -OCH3 is 1. The quantitative estimate of drug-likeness (QED) is 0.516. The molecule has 1 aromatic carbocycles. The summed E-state index contributed by atoms with van der Waals surface area (Å²) in [6, 6.07) is 3.09. The van der Waals surface area contributed by atoms with Crippen LogP contribution in [0.25, 0.3) is 0 Å². The lowest BCUT2D eigenvalue weighted by Gasteiger charge is -2.17. The van der Waals surface area contributed by atoms with Crippen LogP contribution in [0, 0.1) is 0 Å². The molecule has 0 aromatic heterocycles. The molecule has 1 N–H and O–H groups in total. The van der Waals surface area contributed by atoms with Crippen LogP contribution in [0.4, 0.5) is 22.0 Å². The summed E-state index contributed by atoms with van der Waals surface area (Å²) < 4.78 is 66.0. The minimum Gasteiger partial charge on any atom is -0.507 e. The number of aromatic hydroxyl groups is 1. The summed E-state index contributed by atoms with van der Waals surface area (Å²) in [4.78, 5) is 22.5. The second kappa shape index (κ2) is 5.66. The van der Waals surface area contributed by atoms with Gasteiger partial charge in [-0.1, -0.05) is 0 Å². The van der Waals surface area contributed by atoms with Crippen LogP contribution in [0.3, 0.4) is 0 Å². The van der Waals surface area contributed by atoms with Gasteiger partial charge in [-0.05, 0) is 12.1 Å². The fourth-order valence-corrected chi connectivity index (χ4v) is 1.38. The van der Waals surface area contributed by atoms with Crippen LogP contribution >= 0.6 is 0 Å². The van der Waals surface area contributed by atoms with E-state index in [2.05, 4.69) is 0 Å². The fourth-order valence-electron chi connectivity index (χ4n) is 1.38. The minimum absolute atomic E-state index is 0.135. The van der Waals surface area contributed by atoms with Crippen LogP contribution in [0.15, 0.2) is 18.2 Å². The number of phenolic OH excluding ortho intramolecular Hbond substituents is 1. The Balaban J connectivity index is 2.94. The highest BCUT2D eigenvalue weighted by Crippen LogP contribution is 2.37. The van der Waals surface area contributed by atoms with Crippen LogP contribution in [0.1, 0.15) is 16.8 Å². The molecule has 1 rings (SSSR count). The summed E-state index contributed by atoms with van der Waals surface area (Å²) in [6.45, 7) is 0. The Labute approximate surface area is 115 Å². The molecule has 0 spiro atoms. The number of ether oxygens (including phenoxy) is 1. The van der Waals surface area contributed by atoms with E-state index in [-0.39, 0.29) is 5.75 Å². The first-order valence-electron chi connectivity index (χ1n) is 5.38. The number of rotatable bonds is 5. The van der Waals surface area contributed by atoms with Crippen molar-refractivity contribution >= 4 is 11.6 Å². The van der Waals surface area contributed by atoms with Crippen molar-refractivity contribution < 1.29 is 41.4 Å². The monoisotopic (exact) mass is 312 g/mol. The molecule has 0 aliphatic rings. The Hall–Kier alpha value is -2.19. The minimum atomic E-state index is -6.08. The predicted octanol–water partition coefficient (Wildman–Crippen LogP) is 2.74. The number of Topliss-reactive ketones (excluding diaryl/α,β-unsaturated/α-hetero) is 2. The number of hydrogen-bond acceptors (Lipinski definition) is 4. The summed E-state index contributed by atoms with van der Waals surface area (Å²) in [5, 5.41) is 9.45.